The Hall–Kier alpha value is -1.07. The summed E-state index contributed by atoms with van der Waals surface area (Å²) < 4.78 is 24.0. The molecule has 0 bridgehead atoms. The van der Waals surface area contributed by atoms with Gasteiger partial charge in [-0.15, -0.1) is 0 Å². The lowest BCUT2D eigenvalue weighted by atomic mass is 10.0. The first kappa shape index (κ1) is 15.0. The Morgan fingerprint density at radius 1 is 1.28 bits per heavy atom. The fourth-order valence-electron chi connectivity index (χ4n) is 1.78. The molecule has 0 radical (unpaired) electrons. The molecular weight excluding hydrogens is 248 g/mol. The van der Waals surface area contributed by atoms with Gasteiger partial charge in [-0.25, -0.2) is 8.42 Å². The van der Waals surface area contributed by atoms with Gasteiger partial charge in [-0.2, -0.15) is 0 Å². The van der Waals surface area contributed by atoms with E-state index in [1.54, 1.807) is 25.1 Å². The standard InChI is InChI=1S/C13H22N2O2S/c1-4-18(16,17)12-8-6-5-7-11(12)15-13(2,3)9-10-14/h5-8,15H,4,9-10,14H2,1-3H3. The highest BCUT2D eigenvalue weighted by atomic mass is 32.2. The fraction of sp³-hybridized carbons (Fsp3) is 0.538. The van der Waals surface area contributed by atoms with E-state index >= 15 is 0 Å². The first-order valence-corrected chi connectivity index (χ1v) is 7.77. The molecule has 0 spiro atoms. The second-order valence-electron chi connectivity index (χ2n) is 4.95. The van der Waals surface area contributed by atoms with E-state index in [0.29, 0.717) is 17.1 Å². The molecule has 1 rings (SSSR count). The van der Waals surface area contributed by atoms with Crippen molar-refractivity contribution in [2.45, 2.75) is 37.6 Å². The van der Waals surface area contributed by atoms with Gasteiger partial charge in [-0.3, -0.25) is 0 Å². The summed E-state index contributed by atoms with van der Waals surface area (Å²) in [6.45, 7) is 6.23. The van der Waals surface area contributed by atoms with E-state index in [4.69, 9.17) is 5.73 Å². The molecule has 1 aromatic rings. The Balaban J connectivity index is 3.11. The molecule has 0 heterocycles. The second kappa shape index (κ2) is 5.71. The van der Waals surface area contributed by atoms with Crippen LogP contribution in [0.25, 0.3) is 0 Å². The fourth-order valence-corrected chi connectivity index (χ4v) is 2.84. The van der Waals surface area contributed by atoms with E-state index in [-0.39, 0.29) is 11.3 Å². The average molecular weight is 270 g/mol. The Morgan fingerprint density at radius 3 is 2.44 bits per heavy atom. The van der Waals surface area contributed by atoms with Crippen LogP contribution in [0.4, 0.5) is 5.69 Å². The van der Waals surface area contributed by atoms with Gasteiger partial charge >= 0.3 is 0 Å². The second-order valence-corrected chi connectivity index (χ2v) is 7.19. The summed E-state index contributed by atoms with van der Waals surface area (Å²) in [4.78, 5) is 0.359. The van der Waals surface area contributed by atoms with Crippen LogP contribution in [0.2, 0.25) is 0 Å². The average Bonchev–Trinajstić information content (AvgIpc) is 2.28. The summed E-state index contributed by atoms with van der Waals surface area (Å²) in [5.41, 5.74) is 5.98. The van der Waals surface area contributed by atoms with Crippen molar-refractivity contribution >= 4 is 15.5 Å². The molecule has 0 aliphatic rings. The van der Waals surface area contributed by atoms with Crippen LogP contribution < -0.4 is 11.1 Å². The molecule has 102 valence electrons. The number of hydrogen-bond acceptors (Lipinski definition) is 4. The van der Waals surface area contributed by atoms with E-state index in [1.165, 1.54) is 0 Å². The van der Waals surface area contributed by atoms with E-state index in [2.05, 4.69) is 5.32 Å². The van der Waals surface area contributed by atoms with Crippen molar-refractivity contribution in [2.75, 3.05) is 17.6 Å². The lowest BCUT2D eigenvalue weighted by molar-refractivity contribution is 0.525. The van der Waals surface area contributed by atoms with Gasteiger partial charge in [0, 0.05) is 5.54 Å². The Kier molecular flexibility index (Phi) is 4.76. The molecule has 0 amide bonds. The van der Waals surface area contributed by atoms with Crippen LogP contribution in [0, 0.1) is 0 Å². The summed E-state index contributed by atoms with van der Waals surface area (Å²) in [6.07, 6.45) is 0.771. The highest BCUT2D eigenvalue weighted by Gasteiger charge is 2.21. The van der Waals surface area contributed by atoms with Crippen LogP contribution in [-0.4, -0.2) is 26.3 Å². The number of nitrogens with two attached hydrogens (primary N) is 1. The minimum absolute atomic E-state index is 0.100. The third-order valence-electron chi connectivity index (χ3n) is 2.84. The number of rotatable bonds is 6. The zero-order chi connectivity index (χ0) is 13.8. The van der Waals surface area contributed by atoms with E-state index in [0.717, 1.165) is 6.42 Å². The van der Waals surface area contributed by atoms with Crippen molar-refractivity contribution in [2.24, 2.45) is 5.73 Å². The molecule has 0 atom stereocenters. The van der Waals surface area contributed by atoms with Crippen LogP contribution in [0.5, 0.6) is 0 Å². The SMILES string of the molecule is CCS(=O)(=O)c1ccccc1NC(C)(C)CCN. The van der Waals surface area contributed by atoms with Crippen molar-refractivity contribution in [3.05, 3.63) is 24.3 Å². The quantitative estimate of drug-likeness (QED) is 0.829. The molecule has 3 N–H and O–H groups in total. The Morgan fingerprint density at radius 2 is 1.89 bits per heavy atom. The molecule has 5 heteroatoms. The summed E-state index contributed by atoms with van der Waals surface area (Å²) in [6, 6.07) is 7.00. The van der Waals surface area contributed by atoms with Crippen LogP contribution in [0.15, 0.2) is 29.2 Å². The zero-order valence-corrected chi connectivity index (χ0v) is 12.0. The van der Waals surface area contributed by atoms with Crippen LogP contribution >= 0.6 is 0 Å². The first-order chi connectivity index (χ1) is 8.32. The van der Waals surface area contributed by atoms with E-state index in [9.17, 15) is 8.42 Å². The summed E-state index contributed by atoms with van der Waals surface area (Å²) in [5, 5.41) is 3.27. The van der Waals surface area contributed by atoms with Gasteiger partial charge in [0.25, 0.3) is 0 Å². The Bertz CT molecular complexity index is 495. The van der Waals surface area contributed by atoms with Crippen molar-refractivity contribution in [1.82, 2.24) is 0 Å². The number of sulfone groups is 1. The summed E-state index contributed by atoms with van der Waals surface area (Å²) in [7, 11) is -3.21. The van der Waals surface area contributed by atoms with Crippen molar-refractivity contribution < 1.29 is 8.42 Å². The minimum Gasteiger partial charge on any atom is -0.379 e. The van der Waals surface area contributed by atoms with Gasteiger partial charge in [0.1, 0.15) is 0 Å². The number of anilines is 1. The summed E-state index contributed by atoms with van der Waals surface area (Å²) >= 11 is 0. The molecular formula is C13H22N2O2S. The number of nitrogens with one attached hydrogen (secondary N) is 1. The van der Waals surface area contributed by atoms with Gasteiger partial charge in [0.15, 0.2) is 9.84 Å². The highest BCUT2D eigenvalue weighted by molar-refractivity contribution is 7.91. The van der Waals surface area contributed by atoms with Gasteiger partial charge in [0.05, 0.1) is 16.3 Å². The minimum atomic E-state index is -3.21. The largest absolute Gasteiger partial charge is 0.379 e. The number of para-hydroxylation sites is 1. The first-order valence-electron chi connectivity index (χ1n) is 6.12. The van der Waals surface area contributed by atoms with Crippen LogP contribution in [0.1, 0.15) is 27.2 Å². The van der Waals surface area contributed by atoms with Gasteiger partial charge in [-0.05, 0) is 38.9 Å². The van der Waals surface area contributed by atoms with Crippen molar-refractivity contribution in [3.63, 3.8) is 0 Å². The van der Waals surface area contributed by atoms with Gasteiger partial charge in [0.2, 0.25) is 0 Å². The molecule has 0 saturated heterocycles. The molecule has 0 aliphatic carbocycles. The summed E-state index contributed by atoms with van der Waals surface area (Å²) in [5.74, 6) is 0.100. The molecule has 1 aromatic carbocycles. The molecule has 0 fully saturated rings. The predicted octanol–water partition coefficient (Wildman–Crippen LogP) is 2.02. The van der Waals surface area contributed by atoms with Gasteiger partial charge in [-0.1, -0.05) is 19.1 Å². The molecule has 0 unspecified atom stereocenters. The third kappa shape index (κ3) is 3.71. The predicted molar refractivity (Wildman–Crippen MR) is 75.5 cm³/mol. The molecule has 0 aliphatic heterocycles. The third-order valence-corrected chi connectivity index (χ3v) is 4.63. The molecule has 4 nitrogen and oxygen atoms in total. The van der Waals surface area contributed by atoms with Crippen LogP contribution in [0.3, 0.4) is 0 Å². The number of benzene rings is 1. The Labute approximate surface area is 110 Å². The highest BCUT2D eigenvalue weighted by Crippen LogP contribution is 2.26. The lowest BCUT2D eigenvalue weighted by Gasteiger charge is -2.28. The van der Waals surface area contributed by atoms with Crippen molar-refractivity contribution in [1.29, 1.82) is 0 Å². The topological polar surface area (TPSA) is 72.2 Å². The van der Waals surface area contributed by atoms with Crippen LogP contribution in [-0.2, 0) is 9.84 Å². The van der Waals surface area contributed by atoms with E-state index in [1.807, 2.05) is 19.9 Å². The molecule has 18 heavy (non-hydrogen) atoms. The number of hydrogen-bond donors (Lipinski definition) is 2. The lowest BCUT2D eigenvalue weighted by Crippen LogP contribution is -2.34. The molecule has 0 aromatic heterocycles. The van der Waals surface area contributed by atoms with Gasteiger partial charge < -0.3 is 11.1 Å². The normalized spacial score (nSPS) is 12.4. The maximum Gasteiger partial charge on any atom is 0.180 e. The molecule has 0 saturated carbocycles. The van der Waals surface area contributed by atoms with Crippen molar-refractivity contribution in [3.8, 4) is 0 Å². The zero-order valence-electron chi connectivity index (χ0n) is 11.2. The maximum absolute atomic E-state index is 12.0. The maximum atomic E-state index is 12.0. The van der Waals surface area contributed by atoms with E-state index < -0.39 is 9.84 Å². The monoisotopic (exact) mass is 270 g/mol. The smallest absolute Gasteiger partial charge is 0.180 e.